The Bertz CT molecular complexity index is 512. The van der Waals surface area contributed by atoms with Crippen LogP contribution in [0.4, 0.5) is 0 Å². The number of hydrogen-bond donors (Lipinski definition) is 0. The first-order chi connectivity index (χ1) is 10.8. The third-order valence-corrected chi connectivity index (χ3v) is 3.29. The SMILES string of the molecule is CCCC(=O)OCCOC(c1ccccc1)c1ccccc1. The van der Waals surface area contributed by atoms with Gasteiger partial charge in [-0.1, -0.05) is 67.6 Å². The van der Waals surface area contributed by atoms with Crippen LogP contribution in [0.3, 0.4) is 0 Å². The largest absolute Gasteiger partial charge is 0.463 e. The molecule has 0 amide bonds. The van der Waals surface area contributed by atoms with E-state index in [1.807, 2.05) is 67.6 Å². The van der Waals surface area contributed by atoms with Crippen molar-refractivity contribution in [3.63, 3.8) is 0 Å². The molecule has 0 spiro atoms. The van der Waals surface area contributed by atoms with Gasteiger partial charge in [-0.15, -0.1) is 0 Å². The van der Waals surface area contributed by atoms with Crippen molar-refractivity contribution in [2.24, 2.45) is 0 Å². The second kappa shape index (κ2) is 9.00. The first-order valence-electron chi connectivity index (χ1n) is 7.68. The molecule has 0 aliphatic heterocycles. The lowest BCUT2D eigenvalue weighted by Gasteiger charge is -2.19. The quantitative estimate of drug-likeness (QED) is 0.543. The third kappa shape index (κ3) is 5.01. The highest BCUT2D eigenvalue weighted by Gasteiger charge is 2.14. The lowest BCUT2D eigenvalue weighted by Crippen LogP contribution is -2.13. The molecule has 0 aliphatic rings. The molecule has 116 valence electrons. The van der Waals surface area contributed by atoms with Gasteiger partial charge in [-0.05, 0) is 17.5 Å². The number of hydrogen-bond acceptors (Lipinski definition) is 3. The van der Waals surface area contributed by atoms with Crippen LogP contribution in [-0.2, 0) is 14.3 Å². The molecule has 22 heavy (non-hydrogen) atoms. The molecule has 0 fully saturated rings. The lowest BCUT2D eigenvalue weighted by atomic mass is 10.0. The molecule has 0 bridgehead atoms. The Morgan fingerprint density at radius 3 is 1.95 bits per heavy atom. The summed E-state index contributed by atoms with van der Waals surface area (Å²) >= 11 is 0. The predicted octanol–water partition coefficient (Wildman–Crippen LogP) is 4.14. The Labute approximate surface area is 131 Å². The monoisotopic (exact) mass is 298 g/mol. The molecular formula is C19H22O3. The van der Waals surface area contributed by atoms with E-state index in [9.17, 15) is 4.79 Å². The fraction of sp³-hybridized carbons (Fsp3) is 0.316. The summed E-state index contributed by atoms with van der Waals surface area (Å²) in [5.74, 6) is -0.165. The summed E-state index contributed by atoms with van der Waals surface area (Å²) in [6.45, 7) is 2.62. The first kappa shape index (κ1) is 16.2. The van der Waals surface area contributed by atoms with Gasteiger partial charge in [0.1, 0.15) is 12.7 Å². The number of rotatable bonds is 8. The van der Waals surface area contributed by atoms with E-state index in [0.29, 0.717) is 13.0 Å². The lowest BCUT2D eigenvalue weighted by molar-refractivity contribution is -0.145. The molecule has 0 radical (unpaired) electrons. The van der Waals surface area contributed by atoms with Gasteiger partial charge in [0.2, 0.25) is 0 Å². The molecule has 0 aromatic heterocycles. The summed E-state index contributed by atoms with van der Waals surface area (Å²) in [5.41, 5.74) is 2.18. The van der Waals surface area contributed by atoms with E-state index < -0.39 is 0 Å². The molecule has 0 atom stereocenters. The Morgan fingerprint density at radius 2 is 1.45 bits per heavy atom. The fourth-order valence-electron chi connectivity index (χ4n) is 2.24. The van der Waals surface area contributed by atoms with Gasteiger partial charge in [-0.25, -0.2) is 0 Å². The van der Waals surface area contributed by atoms with Gasteiger partial charge in [0, 0.05) is 6.42 Å². The van der Waals surface area contributed by atoms with Gasteiger partial charge in [-0.3, -0.25) is 4.79 Å². The Hall–Kier alpha value is -2.13. The van der Waals surface area contributed by atoms with Crippen LogP contribution in [0.2, 0.25) is 0 Å². The average Bonchev–Trinajstić information content (AvgIpc) is 2.57. The van der Waals surface area contributed by atoms with E-state index in [2.05, 4.69) is 0 Å². The number of carbonyl (C=O) groups excluding carboxylic acids is 1. The van der Waals surface area contributed by atoms with E-state index in [-0.39, 0.29) is 18.7 Å². The maximum Gasteiger partial charge on any atom is 0.305 e. The minimum atomic E-state index is -0.165. The van der Waals surface area contributed by atoms with Crippen LogP contribution in [0, 0.1) is 0 Å². The van der Waals surface area contributed by atoms with Crippen LogP contribution in [0.15, 0.2) is 60.7 Å². The molecule has 0 saturated carbocycles. The van der Waals surface area contributed by atoms with Gasteiger partial charge >= 0.3 is 5.97 Å². The van der Waals surface area contributed by atoms with Crippen molar-refractivity contribution in [1.82, 2.24) is 0 Å². The highest BCUT2D eigenvalue weighted by atomic mass is 16.6. The Balaban J connectivity index is 1.96. The number of carbonyl (C=O) groups is 1. The first-order valence-corrected chi connectivity index (χ1v) is 7.68. The summed E-state index contributed by atoms with van der Waals surface area (Å²) in [6.07, 6.45) is 1.12. The summed E-state index contributed by atoms with van der Waals surface area (Å²) in [5, 5.41) is 0. The predicted molar refractivity (Wildman–Crippen MR) is 86.5 cm³/mol. The van der Waals surface area contributed by atoms with Crippen LogP contribution >= 0.6 is 0 Å². The molecule has 0 heterocycles. The molecular weight excluding hydrogens is 276 g/mol. The fourth-order valence-corrected chi connectivity index (χ4v) is 2.24. The maximum atomic E-state index is 11.3. The summed E-state index contributed by atoms with van der Waals surface area (Å²) in [7, 11) is 0. The highest BCUT2D eigenvalue weighted by molar-refractivity contribution is 5.69. The van der Waals surface area contributed by atoms with Crippen molar-refractivity contribution in [2.75, 3.05) is 13.2 Å². The molecule has 3 nitrogen and oxygen atoms in total. The van der Waals surface area contributed by atoms with E-state index in [0.717, 1.165) is 17.5 Å². The maximum absolute atomic E-state index is 11.3. The van der Waals surface area contributed by atoms with Crippen molar-refractivity contribution in [3.8, 4) is 0 Å². The Kier molecular flexibility index (Phi) is 6.65. The van der Waals surface area contributed by atoms with Crippen molar-refractivity contribution >= 4 is 5.97 Å². The zero-order valence-corrected chi connectivity index (χ0v) is 12.9. The molecule has 2 aromatic rings. The van der Waals surface area contributed by atoms with Crippen LogP contribution in [0.1, 0.15) is 37.0 Å². The van der Waals surface area contributed by atoms with Crippen molar-refractivity contribution in [1.29, 1.82) is 0 Å². The summed E-state index contributed by atoms with van der Waals surface area (Å²) < 4.78 is 11.1. The third-order valence-electron chi connectivity index (χ3n) is 3.29. The van der Waals surface area contributed by atoms with Crippen LogP contribution in [0.25, 0.3) is 0 Å². The van der Waals surface area contributed by atoms with E-state index in [1.165, 1.54) is 0 Å². The van der Waals surface area contributed by atoms with E-state index in [1.54, 1.807) is 0 Å². The van der Waals surface area contributed by atoms with Gasteiger partial charge in [0.15, 0.2) is 0 Å². The zero-order chi connectivity index (χ0) is 15.6. The smallest absolute Gasteiger partial charge is 0.305 e. The molecule has 0 saturated heterocycles. The molecule has 2 aromatic carbocycles. The van der Waals surface area contributed by atoms with Crippen molar-refractivity contribution < 1.29 is 14.3 Å². The number of ether oxygens (including phenoxy) is 2. The molecule has 0 N–H and O–H groups in total. The molecule has 0 aliphatic carbocycles. The number of benzene rings is 2. The molecule has 0 unspecified atom stereocenters. The molecule has 2 rings (SSSR count). The Morgan fingerprint density at radius 1 is 0.909 bits per heavy atom. The van der Waals surface area contributed by atoms with Crippen LogP contribution < -0.4 is 0 Å². The number of esters is 1. The van der Waals surface area contributed by atoms with E-state index >= 15 is 0 Å². The standard InChI is InChI=1S/C19H22O3/c1-2-9-18(20)21-14-15-22-19(16-10-5-3-6-11-16)17-12-7-4-8-13-17/h3-8,10-13,19H,2,9,14-15H2,1H3. The second-order valence-electron chi connectivity index (χ2n) is 5.04. The normalized spacial score (nSPS) is 10.6. The van der Waals surface area contributed by atoms with Crippen LogP contribution in [-0.4, -0.2) is 19.2 Å². The minimum absolute atomic E-state index is 0.146. The van der Waals surface area contributed by atoms with Gasteiger partial charge in [0.25, 0.3) is 0 Å². The second-order valence-corrected chi connectivity index (χ2v) is 5.04. The average molecular weight is 298 g/mol. The van der Waals surface area contributed by atoms with Gasteiger partial charge < -0.3 is 9.47 Å². The van der Waals surface area contributed by atoms with Crippen molar-refractivity contribution in [2.45, 2.75) is 25.9 Å². The van der Waals surface area contributed by atoms with Crippen LogP contribution in [0.5, 0.6) is 0 Å². The molecule has 3 heteroatoms. The highest BCUT2D eigenvalue weighted by Crippen LogP contribution is 2.25. The minimum Gasteiger partial charge on any atom is -0.463 e. The van der Waals surface area contributed by atoms with Gasteiger partial charge in [0.05, 0.1) is 6.61 Å². The summed E-state index contributed by atoms with van der Waals surface area (Å²) in [4.78, 5) is 11.3. The zero-order valence-electron chi connectivity index (χ0n) is 12.9. The topological polar surface area (TPSA) is 35.5 Å². The van der Waals surface area contributed by atoms with Crippen molar-refractivity contribution in [3.05, 3.63) is 71.8 Å². The van der Waals surface area contributed by atoms with Gasteiger partial charge in [-0.2, -0.15) is 0 Å². The summed E-state index contributed by atoms with van der Waals surface area (Å²) in [6, 6.07) is 20.1. The van der Waals surface area contributed by atoms with E-state index in [4.69, 9.17) is 9.47 Å².